The fourth-order valence-electron chi connectivity index (χ4n) is 1.09. The van der Waals surface area contributed by atoms with E-state index in [0.29, 0.717) is 10.2 Å². The molecule has 2 N–H and O–H groups in total. The van der Waals surface area contributed by atoms with Crippen LogP contribution in [0, 0.1) is 6.92 Å². The van der Waals surface area contributed by atoms with Gasteiger partial charge < -0.3 is 10.2 Å². The van der Waals surface area contributed by atoms with Crippen molar-refractivity contribution in [1.82, 2.24) is 4.98 Å². The van der Waals surface area contributed by atoms with Gasteiger partial charge in [0.1, 0.15) is 21.7 Å². The van der Waals surface area contributed by atoms with E-state index in [0.717, 1.165) is 5.01 Å². The highest BCUT2D eigenvalue weighted by atomic mass is 32.1. The molecule has 0 aliphatic rings. The molecule has 0 spiro atoms. The summed E-state index contributed by atoms with van der Waals surface area (Å²) >= 11 is 1.37. The van der Waals surface area contributed by atoms with Crippen LogP contribution in [-0.4, -0.2) is 15.2 Å². The van der Waals surface area contributed by atoms with Crippen LogP contribution in [0.2, 0.25) is 0 Å². The van der Waals surface area contributed by atoms with Crippen molar-refractivity contribution >= 4 is 21.6 Å². The lowest BCUT2D eigenvalue weighted by molar-refractivity contribution is 0.469. The van der Waals surface area contributed by atoms with Gasteiger partial charge in [-0.05, 0) is 19.1 Å². The number of nitrogens with zero attached hydrogens (tertiary/aromatic N) is 1. The number of benzene rings is 1. The molecule has 0 aliphatic heterocycles. The molecular formula is C8H7NO2S. The summed E-state index contributed by atoms with van der Waals surface area (Å²) in [7, 11) is 0. The average molecular weight is 181 g/mol. The van der Waals surface area contributed by atoms with Gasteiger partial charge in [-0.1, -0.05) is 0 Å². The molecule has 0 aliphatic carbocycles. The molecule has 3 nitrogen and oxygen atoms in total. The van der Waals surface area contributed by atoms with Gasteiger partial charge in [-0.2, -0.15) is 0 Å². The van der Waals surface area contributed by atoms with E-state index in [2.05, 4.69) is 4.98 Å². The smallest absolute Gasteiger partial charge is 0.142 e. The zero-order valence-electron chi connectivity index (χ0n) is 6.40. The van der Waals surface area contributed by atoms with Crippen LogP contribution in [0.4, 0.5) is 0 Å². The van der Waals surface area contributed by atoms with Gasteiger partial charge in [0, 0.05) is 0 Å². The van der Waals surface area contributed by atoms with Gasteiger partial charge in [0.05, 0.1) is 5.01 Å². The zero-order valence-corrected chi connectivity index (χ0v) is 7.22. The SMILES string of the molecule is Cc1nc2c(O)ccc(O)c2s1. The standard InChI is InChI=1S/C8H7NO2S/c1-4-9-7-5(10)2-3-6(11)8(7)12-4/h2-3,10-11H,1H3. The van der Waals surface area contributed by atoms with Crippen LogP contribution in [0.3, 0.4) is 0 Å². The normalized spacial score (nSPS) is 10.8. The Balaban J connectivity index is 2.93. The van der Waals surface area contributed by atoms with E-state index in [1.807, 2.05) is 6.92 Å². The molecule has 0 bridgehead atoms. The summed E-state index contributed by atoms with van der Waals surface area (Å²) in [5.74, 6) is 0.292. The minimum atomic E-state index is 0.118. The summed E-state index contributed by atoms with van der Waals surface area (Å²) in [5, 5.41) is 19.5. The molecule has 0 saturated carbocycles. The molecule has 0 saturated heterocycles. The number of rotatable bonds is 0. The fourth-order valence-corrected chi connectivity index (χ4v) is 1.94. The highest BCUT2D eigenvalue weighted by Crippen LogP contribution is 2.35. The molecule has 0 unspecified atom stereocenters. The van der Waals surface area contributed by atoms with E-state index in [9.17, 15) is 10.2 Å². The van der Waals surface area contributed by atoms with E-state index in [-0.39, 0.29) is 11.5 Å². The first-order valence-electron chi connectivity index (χ1n) is 3.46. The lowest BCUT2D eigenvalue weighted by atomic mass is 10.3. The minimum Gasteiger partial charge on any atom is -0.506 e. The Morgan fingerprint density at radius 3 is 2.58 bits per heavy atom. The Morgan fingerprint density at radius 2 is 1.92 bits per heavy atom. The van der Waals surface area contributed by atoms with Crippen LogP contribution in [0.5, 0.6) is 11.5 Å². The van der Waals surface area contributed by atoms with Crippen LogP contribution in [0.1, 0.15) is 5.01 Å². The Labute approximate surface area is 72.9 Å². The van der Waals surface area contributed by atoms with Gasteiger partial charge in [-0.25, -0.2) is 4.98 Å². The highest BCUT2D eigenvalue weighted by molar-refractivity contribution is 7.18. The highest BCUT2D eigenvalue weighted by Gasteiger charge is 2.08. The summed E-state index contributed by atoms with van der Waals surface area (Å²) in [6.07, 6.45) is 0. The molecule has 62 valence electrons. The van der Waals surface area contributed by atoms with Crippen molar-refractivity contribution in [3.63, 3.8) is 0 Å². The quantitative estimate of drug-likeness (QED) is 0.611. The van der Waals surface area contributed by atoms with Crippen LogP contribution in [0.25, 0.3) is 10.2 Å². The van der Waals surface area contributed by atoms with E-state index in [1.165, 1.54) is 23.5 Å². The van der Waals surface area contributed by atoms with Crippen molar-refractivity contribution in [2.75, 3.05) is 0 Å². The molecule has 2 aromatic rings. The van der Waals surface area contributed by atoms with E-state index in [1.54, 1.807) is 0 Å². The Hall–Kier alpha value is -1.29. The first-order valence-corrected chi connectivity index (χ1v) is 4.28. The number of aromatic hydroxyl groups is 2. The maximum atomic E-state index is 9.37. The lowest BCUT2D eigenvalue weighted by Gasteiger charge is -1.94. The van der Waals surface area contributed by atoms with Gasteiger partial charge in [0.25, 0.3) is 0 Å². The third-order valence-corrected chi connectivity index (χ3v) is 2.60. The predicted molar refractivity (Wildman–Crippen MR) is 47.7 cm³/mol. The average Bonchev–Trinajstić information content (AvgIpc) is 2.41. The molecule has 1 heterocycles. The van der Waals surface area contributed by atoms with Crippen LogP contribution < -0.4 is 0 Å². The van der Waals surface area contributed by atoms with Crippen molar-refractivity contribution in [1.29, 1.82) is 0 Å². The number of thiazole rings is 1. The number of hydrogen-bond acceptors (Lipinski definition) is 4. The first-order chi connectivity index (χ1) is 5.68. The van der Waals surface area contributed by atoms with Crippen molar-refractivity contribution in [3.8, 4) is 11.5 Å². The molecule has 1 aromatic carbocycles. The van der Waals surface area contributed by atoms with Gasteiger partial charge >= 0.3 is 0 Å². The van der Waals surface area contributed by atoms with Gasteiger partial charge in [0.2, 0.25) is 0 Å². The molecule has 12 heavy (non-hydrogen) atoms. The second-order valence-corrected chi connectivity index (χ2v) is 3.72. The van der Waals surface area contributed by atoms with Gasteiger partial charge in [-0.15, -0.1) is 11.3 Å². The third-order valence-electron chi connectivity index (χ3n) is 1.61. The van der Waals surface area contributed by atoms with Crippen LogP contribution in [0.15, 0.2) is 12.1 Å². The lowest BCUT2D eigenvalue weighted by Crippen LogP contribution is -1.71. The van der Waals surface area contributed by atoms with E-state index < -0.39 is 0 Å². The molecule has 1 aromatic heterocycles. The van der Waals surface area contributed by atoms with Crippen molar-refractivity contribution < 1.29 is 10.2 Å². The number of hydrogen-bond donors (Lipinski definition) is 2. The Kier molecular flexibility index (Phi) is 1.44. The number of fused-ring (bicyclic) bond motifs is 1. The van der Waals surface area contributed by atoms with Crippen LogP contribution >= 0.6 is 11.3 Å². The van der Waals surface area contributed by atoms with Crippen molar-refractivity contribution in [2.24, 2.45) is 0 Å². The second kappa shape index (κ2) is 2.35. The van der Waals surface area contributed by atoms with E-state index in [4.69, 9.17) is 0 Å². The molecule has 2 rings (SSSR count). The van der Waals surface area contributed by atoms with E-state index >= 15 is 0 Å². The fraction of sp³-hybridized carbons (Fsp3) is 0.125. The zero-order chi connectivity index (χ0) is 8.72. The predicted octanol–water partition coefficient (Wildman–Crippen LogP) is 2.02. The number of aryl methyl sites for hydroxylation is 1. The molecule has 0 amide bonds. The maximum Gasteiger partial charge on any atom is 0.142 e. The largest absolute Gasteiger partial charge is 0.506 e. The molecule has 0 fully saturated rings. The third kappa shape index (κ3) is 0.921. The maximum absolute atomic E-state index is 9.37. The topological polar surface area (TPSA) is 53.4 Å². The number of phenolic OH excluding ortho intramolecular Hbond substituents is 2. The van der Waals surface area contributed by atoms with Gasteiger partial charge in [0.15, 0.2) is 0 Å². The summed E-state index contributed by atoms with van der Waals surface area (Å²) in [5.41, 5.74) is 0.484. The summed E-state index contributed by atoms with van der Waals surface area (Å²) in [6.45, 7) is 1.84. The minimum absolute atomic E-state index is 0.118. The summed E-state index contributed by atoms with van der Waals surface area (Å²) in [4.78, 5) is 4.08. The summed E-state index contributed by atoms with van der Waals surface area (Å²) < 4.78 is 0.646. The molecule has 0 radical (unpaired) electrons. The number of phenols is 2. The monoisotopic (exact) mass is 181 g/mol. The summed E-state index contributed by atoms with van der Waals surface area (Å²) in [6, 6.07) is 2.91. The molecule has 0 atom stereocenters. The first kappa shape index (κ1) is 7.36. The Bertz CT molecular complexity index is 397. The van der Waals surface area contributed by atoms with Crippen molar-refractivity contribution in [2.45, 2.75) is 6.92 Å². The van der Waals surface area contributed by atoms with Gasteiger partial charge in [-0.3, -0.25) is 0 Å². The second-order valence-electron chi connectivity index (χ2n) is 2.51. The molecule has 4 heteroatoms. The van der Waals surface area contributed by atoms with Crippen LogP contribution in [-0.2, 0) is 0 Å². The number of aromatic nitrogens is 1. The van der Waals surface area contributed by atoms with Crippen molar-refractivity contribution in [3.05, 3.63) is 17.1 Å². The molecular weight excluding hydrogens is 174 g/mol. The Morgan fingerprint density at radius 1 is 1.25 bits per heavy atom.